The van der Waals surface area contributed by atoms with Crippen LogP contribution >= 0.6 is 23.4 Å². The molecule has 0 aliphatic carbocycles. The number of anilines is 1. The number of carbonyl (C=O) groups excluding carboxylic acids is 2. The number of aliphatic imine (C=N–C) groups is 1. The molecule has 3 aromatic rings. The molecule has 0 spiro atoms. The molecule has 2 heterocycles. The van der Waals surface area contributed by atoms with E-state index in [1.54, 1.807) is 30.3 Å². The Kier molecular flexibility index (Phi) is 7.67. The molecule has 194 valence electrons. The molecule has 0 saturated heterocycles. The average Bonchev–Trinajstić information content (AvgIpc) is 3.53. The van der Waals surface area contributed by atoms with E-state index in [1.165, 1.54) is 18.9 Å². The van der Waals surface area contributed by atoms with Gasteiger partial charge in [-0.25, -0.2) is 5.01 Å². The molecule has 3 aromatic carbocycles. The number of rotatable bonds is 7. The lowest BCUT2D eigenvalue weighted by Gasteiger charge is -2.23. The molecule has 38 heavy (non-hydrogen) atoms. The first-order valence-electron chi connectivity index (χ1n) is 11.9. The van der Waals surface area contributed by atoms with Crippen molar-refractivity contribution in [1.82, 2.24) is 5.01 Å². The summed E-state index contributed by atoms with van der Waals surface area (Å²) < 4.78 is 10.6. The number of carbonyl (C=O) groups is 2. The van der Waals surface area contributed by atoms with Crippen LogP contribution in [0, 0.1) is 0 Å². The van der Waals surface area contributed by atoms with Gasteiger partial charge in [-0.05, 0) is 59.7 Å². The van der Waals surface area contributed by atoms with Crippen LogP contribution in [-0.2, 0) is 9.59 Å². The minimum atomic E-state index is -0.647. The summed E-state index contributed by atoms with van der Waals surface area (Å²) in [5, 5.41) is 9.93. The van der Waals surface area contributed by atoms with Crippen LogP contribution in [-0.4, -0.2) is 47.2 Å². The van der Waals surface area contributed by atoms with Crippen molar-refractivity contribution in [2.45, 2.75) is 24.1 Å². The van der Waals surface area contributed by atoms with Gasteiger partial charge in [0.15, 0.2) is 5.17 Å². The number of nitrogens with zero attached hydrogens (tertiary/aromatic N) is 3. The molecule has 0 fully saturated rings. The number of amidine groups is 1. The van der Waals surface area contributed by atoms with E-state index in [1.807, 2.05) is 54.6 Å². The molecule has 0 bridgehead atoms. The molecule has 2 aliphatic heterocycles. The normalized spacial score (nSPS) is 18.7. The van der Waals surface area contributed by atoms with Crippen LogP contribution in [0.1, 0.15) is 30.0 Å². The Bertz CT molecular complexity index is 1410. The Hall–Kier alpha value is -3.82. The Morgan fingerprint density at radius 1 is 1.05 bits per heavy atom. The lowest BCUT2D eigenvalue weighted by Crippen LogP contribution is -2.25. The van der Waals surface area contributed by atoms with E-state index >= 15 is 0 Å². The Morgan fingerprint density at radius 3 is 2.50 bits per heavy atom. The number of hydrogen-bond donors (Lipinski definition) is 1. The summed E-state index contributed by atoms with van der Waals surface area (Å²) in [5.74, 6) is 0.651. The standard InChI is InChI=1S/C28H25ClN4O4S/c1-36-20-13-9-17(10-14-20)22-15-23(18-7-11-19(29)12-8-18)33(32-22)28-31-27(35)25(38-28)16-26(34)30-21-5-3-4-6-24(21)37-2/h3-14,23,25H,15-16H2,1-2H3,(H,30,34). The molecule has 0 aromatic heterocycles. The fourth-order valence-electron chi connectivity index (χ4n) is 4.31. The quantitative estimate of drug-likeness (QED) is 0.417. The molecule has 10 heteroatoms. The summed E-state index contributed by atoms with van der Waals surface area (Å²) in [7, 11) is 3.16. The molecule has 1 N–H and O–H groups in total. The Balaban J connectivity index is 1.35. The van der Waals surface area contributed by atoms with Crippen LogP contribution in [0.4, 0.5) is 5.69 Å². The number of halogens is 1. The van der Waals surface area contributed by atoms with Crippen molar-refractivity contribution in [3.05, 3.63) is 88.9 Å². The highest BCUT2D eigenvalue weighted by Gasteiger charge is 2.39. The summed E-state index contributed by atoms with van der Waals surface area (Å²) in [6.45, 7) is 0. The lowest BCUT2D eigenvalue weighted by atomic mass is 9.98. The molecule has 0 saturated carbocycles. The third kappa shape index (κ3) is 5.54. The first-order valence-corrected chi connectivity index (χ1v) is 13.2. The summed E-state index contributed by atoms with van der Waals surface area (Å²) in [6.07, 6.45) is 0.587. The largest absolute Gasteiger partial charge is 0.497 e. The maximum absolute atomic E-state index is 12.8. The average molecular weight is 549 g/mol. The molecule has 8 nitrogen and oxygen atoms in total. The van der Waals surface area contributed by atoms with Crippen molar-refractivity contribution in [2.75, 3.05) is 19.5 Å². The van der Waals surface area contributed by atoms with Crippen LogP contribution < -0.4 is 14.8 Å². The van der Waals surface area contributed by atoms with Gasteiger partial charge >= 0.3 is 0 Å². The van der Waals surface area contributed by atoms with Crippen molar-refractivity contribution in [2.24, 2.45) is 10.1 Å². The SMILES string of the molecule is COc1ccc(C2=NN(C3=NC(=O)C(CC(=O)Nc4ccccc4OC)S3)C(c3ccc(Cl)cc3)C2)cc1. The predicted octanol–water partition coefficient (Wildman–Crippen LogP) is 5.54. The number of benzene rings is 3. The smallest absolute Gasteiger partial charge is 0.262 e. The van der Waals surface area contributed by atoms with E-state index in [0.29, 0.717) is 28.0 Å². The number of ether oxygens (including phenoxy) is 2. The van der Waals surface area contributed by atoms with E-state index < -0.39 is 5.25 Å². The highest BCUT2D eigenvalue weighted by atomic mass is 35.5. The monoisotopic (exact) mass is 548 g/mol. The van der Waals surface area contributed by atoms with Gasteiger partial charge in [0.1, 0.15) is 16.7 Å². The summed E-state index contributed by atoms with van der Waals surface area (Å²) >= 11 is 7.38. The van der Waals surface area contributed by atoms with Gasteiger partial charge in [-0.15, -0.1) is 0 Å². The van der Waals surface area contributed by atoms with E-state index in [4.69, 9.17) is 26.2 Å². The number of hydrogen-bond acceptors (Lipinski definition) is 7. The Labute approximate surface area is 229 Å². The minimum Gasteiger partial charge on any atom is -0.497 e. The van der Waals surface area contributed by atoms with Gasteiger partial charge in [-0.2, -0.15) is 10.1 Å². The van der Waals surface area contributed by atoms with Crippen molar-refractivity contribution in [1.29, 1.82) is 0 Å². The molecule has 0 radical (unpaired) electrons. The van der Waals surface area contributed by atoms with Crippen LogP contribution in [0.15, 0.2) is 82.9 Å². The molecule has 2 aliphatic rings. The second-order valence-electron chi connectivity index (χ2n) is 8.68. The first kappa shape index (κ1) is 25.8. The van der Waals surface area contributed by atoms with Gasteiger partial charge in [-0.3, -0.25) is 9.59 Å². The van der Waals surface area contributed by atoms with Crippen molar-refractivity contribution >= 4 is 51.7 Å². The number of para-hydroxylation sites is 2. The van der Waals surface area contributed by atoms with E-state index in [2.05, 4.69) is 10.3 Å². The first-order chi connectivity index (χ1) is 18.4. The number of methoxy groups -OCH3 is 2. The van der Waals surface area contributed by atoms with Crippen LogP contribution in [0.2, 0.25) is 5.02 Å². The fraction of sp³-hybridized carbons (Fsp3) is 0.214. The van der Waals surface area contributed by atoms with Crippen LogP contribution in [0.3, 0.4) is 0 Å². The van der Waals surface area contributed by atoms with Crippen LogP contribution in [0.5, 0.6) is 11.5 Å². The maximum atomic E-state index is 12.8. The topological polar surface area (TPSA) is 92.6 Å². The van der Waals surface area contributed by atoms with E-state index in [-0.39, 0.29) is 24.3 Å². The summed E-state index contributed by atoms with van der Waals surface area (Å²) in [6, 6.07) is 22.2. The third-order valence-electron chi connectivity index (χ3n) is 6.27. The number of thioether (sulfide) groups is 1. The summed E-state index contributed by atoms with van der Waals surface area (Å²) in [5.41, 5.74) is 3.36. The zero-order chi connectivity index (χ0) is 26.6. The number of amides is 2. The maximum Gasteiger partial charge on any atom is 0.262 e. The fourth-order valence-corrected chi connectivity index (χ4v) is 5.50. The number of nitrogens with one attached hydrogen (secondary N) is 1. The van der Waals surface area contributed by atoms with Crippen molar-refractivity contribution < 1.29 is 19.1 Å². The van der Waals surface area contributed by atoms with Crippen molar-refractivity contribution in [3.8, 4) is 11.5 Å². The zero-order valence-corrected chi connectivity index (χ0v) is 22.3. The lowest BCUT2D eigenvalue weighted by molar-refractivity contribution is -0.121. The van der Waals surface area contributed by atoms with Gasteiger partial charge in [-0.1, -0.05) is 47.6 Å². The zero-order valence-electron chi connectivity index (χ0n) is 20.8. The third-order valence-corrected chi connectivity index (χ3v) is 7.66. The highest BCUT2D eigenvalue weighted by molar-refractivity contribution is 8.15. The van der Waals surface area contributed by atoms with Gasteiger partial charge in [0.05, 0.1) is 31.7 Å². The minimum absolute atomic E-state index is 0.0248. The Morgan fingerprint density at radius 2 is 1.79 bits per heavy atom. The molecular weight excluding hydrogens is 524 g/mol. The highest BCUT2D eigenvalue weighted by Crippen LogP contribution is 2.39. The van der Waals surface area contributed by atoms with E-state index in [9.17, 15) is 9.59 Å². The molecule has 2 unspecified atom stereocenters. The van der Waals surface area contributed by atoms with Gasteiger partial charge < -0.3 is 14.8 Å². The van der Waals surface area contributed by atoms with Gasteiger partial charge in [0, 0.05) is 17.9 Å². The second kappa shape index (κ2) is 11.3. The molecule has 5 rings (SSSR count). The van der Waals surface area contributed by atoms with Gasteiger partial charge in [0.25, 0.3) is 5.91 Å². The van der Waals surface area contributed by atoms with E-state index in [0.717, 1.165) is 22.6 Å². The molecule has 2 amide bonds. The molecular formula is C28H25ClN4O4S. The second-order valence-corrected chi connectivity index (χ2v) is 10.3. The van der Waals surface area contributed by atoms with Crippen LogP contribution in [0.25, 0.3) is 0 Å². The number of hydrazone groups is 1. The summed E-state index contributed by atoms with van der Waals surface area (Å²) in [4.78, 5) is 29.9. The predicted molar refractivity (Wildman–Crippen MR) is 150 cm³/mol. The van der Waals surface area contributed by atoms with Gasteiger partial charge in [0.2, 0.25) is 5.91 Å². The molecule has 2 atom stereocenters. The van der Waals surface area contributed by atoms with Crippen molar-refractivity contribution in [3.63, 3.8) is 0 Å².